The van der Waals surface area contributed by atoms with E-state index < -0.39 is 0 Å². The fraction of sp³-hybridized carbons (Fsp3) is 0.625. The zero-order valence-electron chi connectivity index (χ0n) is 12.0. The number of hydrogen-bond donors (Lipinski definition) is 1. The SMILES string of the molecule is CCC(NCC1CCCN(C)C1)c1ccc(F)cc1. The molecule has 1 aliphatic heterocycles. The van der Waals surface area contributed by atoms with Crippen LogP contribution < -0.4 is 5.32 Å². The van der Waals surface area contributed by atoms with E-state index in [-0.39, 0.29) is 5.82 Å². The molecule has 1 aromatic rings. The van der Waals surface area contributed by atoms with Crippen molar-refractivity contribution in [3.05, 3.63) is 35.6 Å². The molecule has 1 N–H and O–H groups in total. The van der Waals surface area contributed by atoms with Crippen molar-refractivity contribution in [1.82, 2.24) is 10.2 Å². The van der Waals surface area contributed by atoms with Crippen LogP contribution in [0.15, 0.2) is 24.3 Å². The van der Waals surface area contributed by atoms with Gasteiger partial charge in [-0.3, -0.25) is 0 Å². The minimum atomic E-state index is -0.160. The molecule has 0 bridgehead atoms. The highest BCUT2D eigenvalue weighted by molar-refractivity contribution is 5.19. The van der Waals surface area contributed by atoms with Gasteiger partial charge in [0.1, 0.15) is 5.82 Å². The van der Waals surface area contributed by atoms with Crippen LogP contribution in [0.5, 0.6) is 0 Å². The lowest BCUT2D eigenvalue weighted by molar-refractivity contribution is 0.202. The van der Waals surface area contributed by atoms with E-state index in [0.29, 0.717) is 6.04 Å². The summed E-state index contributed by atoms with van der Waals surface area (Å²) in [5.41, 5.74) is 1.19. The van der Waals surface area contributed by atoms with Crippen molar-refractivity contribution >= 4 is 0 Å². The quantitative estimate of drug-likeness (QED) is 0.878. The second kappa shape index (κ2) is 7.01. The monoisotopic (exact) mass is 264 g/mol. The molecule has 1 aromatic carbocycles. The third-order valence-corrected chi connectivity index (χ3v) is 4.06. The normalized spacial score (nSPS) is 22.4. The molecular weight excluding hydrogens is 239 g/mol. The third-order valence-electron chi connectivity index (χ3n) is 4.06. The topological polar surface area (TPSA) is 15.3 Å². The summed E-state index contributed by atoms with van der Waals surface area (Å²) in [7, 11) is 2.20. The van der Waals surface area contributed by atoms with Crippen LogP contribution in [0.25, 0.3) is 0 Å². The first kappa shape index (κ1) is 14.5. The summed E-state index contributed by atoms with van der Waals surface area (Å²) >= 11 is 0. The largest absolute Gasteiger partial charge is 0.310 e. The summed E-state index contributed by atoms with van der Waals surface area (Å²) in [5, 5.41) is 3.65. The molecule has 0 saturated carbocycles. The number of halogens is 1. The van der Waals surface area contributed by atoms with Gasteiger partial charge in [-0.05, 0) is 63.0 Å². The van der Waals surface area contributed by atoms with Gasteiger partial charge in [-0.2, -0.15) is 0 Å². The summed E-state index contributed by atoms with van der Waals surface area (Å²) in [5.74, 6) is 0.584. The van der Waals surface area contributed by atoms with E-state index in [0.717, 1.165) is 18.9 Å². The van der Waals surface area contributed by atoms with Crippen LogP contribution in [-0.4, -0.2) is 31.6 Å². The number of nitrogens with one attached hydrogen (secondary N) is 1. The third kappa shape index (κ3) is 4.29. The van der Waals surface area contributed by atoms with Crippen LogP contribution in [-0.2, 0) is 0 Å². The Balaban J connectivity index is 1.87. The predicted octanol–water partition coefficient (Wildman–Crippen LogP) is 3.21. The highest BCUT2D eigenvalue weighted by Gasteiger charge is 2.18. The standard InChI is InChI=1S/C16H25FN2/c1-3-16(14-6-8-15(17)9-7-14)18-11-13-5-4-10-19(2)12-13/h6-9,13,16,18H,3-5,10-12H2,1-2H3. The zero-order chi connectivity index (χ0) is 13.7. The lowest BCUT2D eigenvalue weighted by Gasteiger charge is -2.31. The molecule has 106 valence electrons. The molecule has 0 radical (unpaired) electrons. The Morgan fingerprint density at radius 2 is 2.11 bits per heavy atom. The number of rotatable bonds is 5. The predicted molar refractivity (Wildman–Crippen MR) is 77.7 cm³/mol. The van der Waals surface area contributed by atoms with Crippen molar-refractivity contribution in [2.75, 3.05) is 26.7 Å². The van der Waals surface area contributed by atoms with Crippen molar-refractivity contribution in [3.8, 4) is 0 Å². The summed E-state index contributed by atoms with van der Waals surface area (Å²) in [4.78, 5) is 2.41. The zero-order valence-corrected chi connectivity index (χ0v) is 12.0. The molecule has 3 heteroatoms. The first-order valence-corrected chi connectivity index (χ1v) is 7.36. The molecule has 0 amide bonds. The maximum absolute atomic E-state index is 12.9. The van der Waals surface area contributed by atoms with Crippen LogP contribution in [0.1, 0.15) is 37.8 Å². The van der Waals surface area contributed by atoms with E-state index >= 15 is 0 Å². The Labute approximate surface area is 116 Å². The lowest BCUT2D eigenvalue weighted by Crippen LogP contribution is -2.38. The van der Waals surface area contributed by atoms with Gasteiger partial charge >= 0.3 is 0 Å². The van der Waals surface area contributed by atoms with Crippen molar-refractivity contribution in [3.63, 3.8) is 0 Å². The molecule has 0 spiro atoms. The molecule has 1 fully saturated rings. The lowest BCUT2D eigenvalue weighted by atomic mass is 9.97. The van der Waals surface area contributed by atoms with Crippen LogP contribution in [0.3, 0.4) is 0 Å². The molecule has 19 heavy (non-hydrogen) atoms. The number of piperidine rings is 1. The average Bonchev–Trinajstić information content (AvgIpc) is 2.41. The van der Waals surface area contributed by atoms with E-state index in [2.05, 4.69) is 24.2 Å². The van der Waals surface area contributed by atoms with Crippen molar-refractivity contribution in [2.45, 2.75) is 32.2 Å². The molecule has 1 saturated heterocycles. The summed E-state index contributed by atoms with van der Waals surface area (Å²) in [6.07, 6.45) is 3.65. The molecule has 2 rings (SSSR count). The van der Waals surface area contributed by atoms with Crippen LogP contribution in [0, 0.1) is 11.7 Å². The number of likely N-dealkylation sites (tertiary alicyclic amines) is 1. The molecule has 2 atom stereocenters. The van der Waals surface area contributed by atoms with Crippen LogP contribution in [0.4, 0.5) is 4.39 Å². The molecule has 1 heterocycles. The van der Waals surface area contributed by atoms with Gasteiger partial charge in [0.2, 0.25) is 0 Å². The van der Waals surface area contributed by atoms with Crippen molar-refractivity contribution < 1.29 is 4.39 Å². The van der Waals surface area contributed by atoms with E-state index in [4.69, 9.17) is 0 Å². The van der Waals surface area contributed by atoms with E-state index in [1.807, 2.05) is 12.1 Å². The van der Waals surface area contributed by atoms with Crippen molar-refractivity contribution in [2.24, 2.45) is 5.92 Å². The fourth-order valence-corrected chi connectivity index (χ4v) is 2.94. The Hall–Kier alpha value is -0.930. The highest BCUT2D eigenvalue weighted by atomic mass is 19.1. The van der Waals surface area contributed by atoms with Crippen LogP contribution >= 0.6 is 0 Å². The molecular formula is C16H25FN2. The Bertz CT molecular complexity index is 377. The number of nitrogens with zero attached hydrogens (tertiary/aromatic N) is 1. The van der Waals surface area contributed by atoms with Gasteiger partial charge in [0.25, 0.3) is 0 Å². The van der Waals surface area contributed by atoms with E-state index in [1.165, 1.54) is 31.5 Å². The van der Waals surface area contributed by atoms with Gasteiger partial charge in [-0.1, -0.05) is 19.1 Å². The first-order valence-electron chi connectivity index (χ1n) is 7.36. The van der Waals surface area contributed by atoms with E-state index in [9.17, 15) is 4.39 Å². The van der Waals surface area contributed by atoms with Gasteiger partial charge in [0.15, 0.2) is 0 Å². The number of hydrogen-bond acceptors (Lipinski definition) is 2. The minimum Gasteiger partial charge on any atom is -0.310 e. The number of benzene rings is 1. The molecule has 2 nitrogen and oxygen atoms in total. The summed E-state index contributed by atoms with van der Waals surface area (Å²) < 4.78 is 12.9. The van der Waals surface area contributed by atoms with Gasteiger partial charge < -0.3 is 10.2 Å². The Morgan fingerprint density at radius 1 is 1.37 bits per heavy atom. The smallest absolute Gasteiger partial charge is 0.123 e. The minimum absolute atomic E-state index is 0.160. The van der Waals surface area contributed by atoms with E-state index in [1.54, 1.807) is 12.1 Å². The second-order valence-electron chi connectivity index (χ2n) is 5.69. The van der Waals surface area contributed by atoms with Gasteiger partial charge in [-0.25, -0.2) is 4.39 Å². The fourth-order valence-electron chi connectivity index (χ4n) is 2.94. The second-order valence-corrected chi connectivity index (χ2v) is 5.69. The summed E-state index contributed by atoms with van der Waals surface area (Å²) in [6, 6.07) is 7.22. The maximum Gasteiger partial charge on any atom is 0.123 e. The molecule has 2 unspecified atom stereocenters. The van der Waals surface area contributed by atoms with Gasteiger partial charge in [-0.15, -0.1) is 0 Å². The summed E-state index contributed by atoms with van der Waals surface area (Å²) in [6.45, 7) is 5.65. The van der Waals surface area contributed by atoms with Gasteiger partial charge in [0, 0.05) is 12.6 Å². The molecule has 1 aliphatic rings. The van der Waals surface area contributed by atoms with Crippen molar-refractivity contribution in [1.29, 1.82) is 0 Å². The highest BCUT2D eigenvalue weighted by Crippen LogP contribution is 2.19. The Kier molecular flexibility index (Phi) is 5.34. The molecule has 0 aliphatic carbocycles. The molecule has 0 aromatic heterocycles. The Morgan fingerprint density at radius 3 is 2.74 bits per heavy atom. The first-order chi connectivity index (χ1) is 9.19. The van der Waals surface area contributed by atoms with Gasteiger partial charge in [0.05, 0.1) is 0 Å². The maximum atomic E-state index is 12.9. The van der Waals surface area contributed by atoms with Crippen LogP contribution in [0.2, 0.25) is 0 Å². The average molecular weight is 264 g/mol.